The molecule has 1 amide bonds. The van der Waals surface area contributed by atoms with Crippen LogP contribution in [-0.4, -0.2) is 20.4 Å². The lowest BCUT2D eigenvalue weighted by Crippen LogP contribution is -2.25. The summed E-state index contributed by atoms with van der Waals surface area (Å²) in [5.41, 5.74) is 3.24. The maximum absolute atomic E-state index is 12.7. The van der Waals surface area contributed by atoms with Crippen molar-refractivity contribution < 1.29 is 4.79 Å². The molecule has 0 fully saturated rings. The molecule has 7 heteroatoms. The standard InChI is InChI=1S/C19H19ClN4OS/c1-24-11-22-17-15(3-2-4-16(17)24)18(25)23-19-21-10-14(26-19)9-12-5-7-13(20)8-6-12/h5-8,10-11,15H,2-4,9H2,1H3,(H,21,23,25). The second-order valence-electron chi connectivity index (χ2n) is 6.56. The van der Waals surface area contributed by atoms with Gasteiger partial charge in [-0.3, -0.25) is 4.79 Å². The topological polar surface area (TPSA) is 59.8 Å². The van der Waals surface area contributed by atoms with Crippen molar-refractivity contribution in [3.05, 3.63) is 63.6 Å². The Hall–Kier alpha value is -2.18. The number of hydrogen-bond donors (Lipinski definition) is 1. The van der Waals surface area contributed by atoms with Gasteiger partial charge >= 0.3 is 0 Å². The highest BCUT2D eigenvalue weighted by atomic mass is 35.5. The van der Waals surface area contributed by atoms with E-state index in [1.165, 1.54) is 22.6 Å². The molecule has 2 aromatic heterocycles. The second kappa shape index (κ2) is 7.21. The van der Waals surface area contributed by atoms with Crippen molar-refractivity contribution in [2.75, 3.05) is 5.32 Å². The summed E-state index contributed by atoms with van der Waals surface area (Å²) < 4.78 is 2.02. The number of hydrogen-bond acceptors (Lipinski definition) is 4. The van der Waals surface area contributed by atoms with Crippen LogP contribution >= 0.6 is 22.9 Å². The minimum atomic E-state index is -0.191. The number of amides is 1. The predicted octanol–water partition coefficient (Wildman–Crippen LogP) is 4.18. The van der Waals surface area contributed by atoms with Crippen LogP contribution in [0, 0.1) is 0 Å². The molecule has 0 bridgehead atoms. The van der Waals surface area contributed by atoms with Gasteiger partial charge in [-0.15, -0.1) is 11.3 Å². The summed E-state index contributed by atoms with van der Waals surface area (Å²) in [6.45, 7) is 0. The van der Waals surface area contributed by atoms with Gasteiger partial charge in [0.2, 0.25) is 5.91 Å². The number of nitrogens with one attached hydrogen (secondary N) is 1. The molecule has 1 atom stereocenters. The number of anilines is 1. The molecule has 0 saturated carbocycles. The van der Waals surface area contributed by atoms with E-state index in [0.717, 1.165) is 41.3 Å². The number of aromatic nitrogens is 3. The van der Waals surface area contributed by atoms with E-state index in [0.29, 0.717) is 5.13 Å². The van der Waals surface area contributed by atoms with Crippen molar-refractivity contribution >= 4 is 34.0 Å². The first-order chi connectivity index (χ1) is 12.6. The summed E-state index contributed by atoms with van der Waals surface area (Å²) in [6.07, 6.45) is 7.21. The largest absolute Gasteiger partial charge is 0.337 e. The molecule has 1 N–H and O–H groups in total. The highest BCUT2D eigenvalue weighted by Crippen LogP contribution is 2.32. The van der Waals surface area contributed by atoms with Crippen LogP contribution in [0.15, 0.2) is 36.8 Å². The van der Waals surface area contributed by atoms with Crippen LogP contribution in [0.25, 0.3) is 0 Å². The van der Waals surface area contributed by atoms with Gasteiger partial charge in [-0.05, 0) is 37.0 Å². The molecule has 1 aliphatic rings. The smallest absolute Gasteiger partial charge is 0.235 e. The number of aryl methyl sites for hydroxylation is 1. The molecule has 1 unspecified atom stereocenters. The van der Waals surface area contributed by atoms with Crippen molar-refractivity contribution in [2.45, 2.75) is 31.6 Å². The monoisotopic (exact) mass is 386 g/mol. The van der Waals surface area contributed by atoms with Crippen molar-refractivity contribution in [1.82, 2.24) is 14.5 Å². The Balaban J connectivity index is 1.44. The number of halogens is 1. The molecule has 1 aromatic carbocycles. The predicted molar refractivity (Wildman–Crippen MR) is 104 cm³/mol. The lowest BCUT2D eigenvalue weighted by Gasteiger charge is -2.20. The number of imidazole rings is 1. The molecule has 2 heterocycles. The van der Waals surface area contributed by atoms with E-state index in [1.807, 2.05) is 42.1 Å². The number of nitrogens with zero attached hydrogens (tertiary/aromatic N) is 3. The van der Waals surface area contributed by atoms with Gasteiger partial charge in [0.15, 0.2) is 5.13 Å². The fourth-order valence-corrected chi connectivity index (χ4v) is 4.35. The van der Waals surface area contributed by atoms with E-state index in [9.17, 15) is 4.79 Å². The zero-order valence-electron chi connectivity index (χ0n) is 14.4. The zero-order chi connectivity index (χ0) is 18.1. The number of thiazole rings is 1. The van der Waals surface area contributed by atoms with Gasteiger partial charge in [0.1, 0.15) is 0 Å². The fraction of sp³-hybridized carbons (Fsp3) is 0.316. The van der Waals surface area contributed by atoms with E-state index >= 15 is 0 Å². The third kappa shape index (κ3) is 3.52. The third-order valence-electron chi connectivity index (χ3n) is 4.72. The van der Waals surface area contributed by atoms with Crippen LogP contribution in [-0.2, 0) is 24.7 Å². The molecule has 134 valence electrons. The lowest BCUT2D eigenvalue weighted by molar-refractivity contribution is -0.118. The molecule has 4 rings (SSSR count). The number of benzene rings is 1. The van der Waals surface area contributed by atoms with Gasteiger partial charge in [0, 0.05) is 35.3 Å². The summed E-state index contributed by atoms with van der Waals surface area (Å²) in [4.78, 5) is 22.6. The van der Waals surface area contributed by atoms with Crippen molar-refractivity contribution in [2.24, 2.45) is 7.05 Å². The lowest BCUT2D eigenvalue weighted by atomic mass is 9.89. The summed E-state index contributed by atoms with van der Waals surface area (Å²) in [5.74, 6) is -0.208. The molecule has 0 aliphatic heterocycles. The molecular formula is C19H19ClN4OS. The minimum absolute atomic E-state index is 0.0166. The molecular weight excluding hydrogens is 368 g/mol. The summed E-state index contributed by atoms with van der Waals surface area (Å²) >= 11 is 7.43. The summed E-state index contributed by atoms with van der Waals surface area (Å²) in [6, 6.07) is 7.78. The summed E-state index contributed by atoms with van der Waals surface area (Å²) in [7, 11) is 1.98. The van der Waals surface area contributed by atoms with E-state index in [4.69, 9.17) is 11.6 Å². The van der Waals surface area contributed by atoms with Gasteiger partial charge in [-0.25, -0.2) is 9.97 Å². The van der Waals surface area contributed by atoms with Crippen LogP contribution in [0.1, 0.15) is 40.6 Å². The quantitative estimate of drug-likeness (QED) is 0.731. The van der Waals surface area contributed by atoms with Crippen molar-refractivity contribution in [3.63, 3.8) is 0 Å². The van der Waals surface area contributed by atoms with Crippen LogP contribution in [0.5, 0.6) is 0 Å². The first-order valence-electron chi connectivity index (χ1n) is 8.60. The van der Waals surface area contributed by atoms with Gasteiger partial charge in [0.25, 0.3) is 0 Å². The second-order valence-corrected chi connectivity index (χ2v) is 8.11. The molecule has 0 saturated heterocycles. The van der Waals surface area contributed by atoms with Crippen LogP contribution in [0.3, 0.4) is 0 Å². The van der Waals surface area contributed by atoms with Gasteiger partial charge in [0.05, 0.1) is 17.9 Å². The maximum atomic E-state index is 12.7. The highest BCUT2D eigenvalue weighted by Gasteiger charge is 2.30. The third-order valence-corrected chi connectivity index (χ3v) is 5.88. The number of carbonyl (C=O) groups excluding carboxylic acids is 1. The number of rotatable bonds is 4. The van der Waals surface area contributed by atoms with Crippen molar-refractivity contribution in [3.8, 4) is 0 Å². The molecule has 26 heavy (non-hydrogen) atoms. The average molecular weight is 387 g/mol. The Morgan fingerprint density at radius 2 is 2.15 bits per heavy atom. The van der Waals surface area contributed by atoms with E-state index in [2.05, 4.69) is 15.3 Å². The Kier molecular flexibility index (Phi) is 4.78. The fourth-order valence-electron chi connectivity index (χ4n) is 3.38. The minimum Gasteiger partial charge on any atom is -0.337 e. The van der Waals surface area contributed by atoms with Crippen LogP contribution in [0.2, 0.25) is 5.02 Å². The first kappa shape index (κ1) is 17.2. The van der Waals surface area contributed by atoms with Gasteiger partial charge in [-0.1, -0.05) is 23.7 Å². The zero-order valence-corrected chi connectivity index (χ0v) is 16.0. The molecule has 5 nitrogen and oxygen atoms in total. The van der Waals surface area contributed by atoms with Gasteiger partial charge in [-0.2, -0.15) is 0 Å². The first-order valence-corrected chi connectivity index (χ1v) is 9.79. The average Bonchev–Trinajstić information content (AvgIpc) is 3.24. The Bertz CT molecular complexity index is 931. The Morgan fingerprint density at radius 1 is 1.35 bits per heavy atom. The molecule has 1 aliphatic carbocycles. The van der Waals surface area contributed by atoms with Crippen LogP contribution < -0.4 is 5.32 Å². The molecule has 3 aromatic rings. The summed E-state index contributed by atoms with van der Waals surface area (Å²) in [5, 5.41) is 4.34. The van der Waals surface area contributed by atoms with Crippen LogP contribution in [0.4, 0.5) is 5.13 Å². The number of carbonyl (C=O) groups is 1. The van der Waals surface area contributed by atoms with E-state index < -0.39 is 0 Å². The SMILES string of the molecule is Cn1cnc2c1CCCC2C(=O)Nc1ncc(Cc2ccc(Cl)cc2)s1. The highest BCUT2D eigenvalue weighted by molar-refractivity contribution is 7.15. The Morgan fingerprint density at radius 3 is 2.96 bits per heavy atom. The maximum Gasteiger partial charge on any atom is 0.235 e. The Labute approximate surface area is 161 Å². The molecule has 0 spiro atoms. The van der Waals surface area contributed by atoms with E-state index in [1.54, 1.807) is 6.33 Å². The number of fused-ring (bicyclic) bond motifs is 1. The van der Waals surface area contributed by atoms with Crippen molar-refractivity contribution in [1.29, 1.82) is 0 Å². The normalized spacial score (nSPS) is 16.3. The van der Waals surface area contributed by atoms with E-state index in [-0.39, 0.29) is 11.8 Å². The van der Waals surface area contributed by atoms with Gasteiger partial charge < -0.3 is 9.88 Å². The molecule has 0 radical (unpaired) electrons.